The van der Waals surface area contributed by atoms with E-state index in [-0.39, 0.29) is 16.8 Å². The largest absolute Gasteiger partial charge is 0.505 e. The summed E-state index contributed by atoms with van der Waals surface area (Å²) in [5.74, 6) is -3.71. The average molecular weight is 584 g/mol. The number of ketones is 1. The normalized spacial score (nSPS) is 15.9. The minimum atomic E-state index is -4.64. The number of sulfonamides is 1. The van der Waals surface area contributed by atoms with Crippen LogP contribution in [0.1, 0.15) is 21.5 Å². The Morgan fingerprint density at radius 2 is 1.67 bits per heavy atom. The first-order chi connectivity index (χ1) is 18.2. The Morgan fingerprint density at radius 3 is 2.26 bits per heavy atom. The van der Waals surface area contributed by atoms with Crippen molar-refractivity contribution in [2.75, 3.05) is 24.2 Å². The number of amides is 1. The molecule has 0 unspecified atom stereocenters. The highest BCUT2D eigenvalue weighted by Gasteiger charge is 2.43. The number of anilines is 2. The van der Waals surface area contributed by atoms with E-state index in [0.717, 1.165) is 42.5 Å². The van der Waals surface area contributed by atoms with E-state index < -0.39 is 67.2 Å². The van der Waals surface area contributed by atoms with Crippen LogP contribution < -0.4 is 10.6 Å². The standard InChI is InChI=1S/C25H18ClF4N3O5S/c1-31-16-7-8-17-20(11-16)39(37,38)33(12-21(34)32-15-5-3-14(4-6-15)25(28,29)30)22(24(17)36)23(35)13-2-9-19(27)18(26)10-13/h2-11,31,35H,12H2,1H3,(H,32,34). The van der Waals surface area contributed by atoms with E-state index in [2.05, 4.69) is 10.6 Å². The van der Waals surface area contributed by atoms with Crippen LogP contribution >= 0.6 is 11.6 Å². The van der Waals surface area contributed by atoms with Gasteiger partial charge in [0.2, 0.25) is 11.7 Å². The second kappa shape index (κ2) is 10.2. The molecule has 204 valence electrons. The van der Waals surface area contributed by atoms with E-state index >= 15 is 0 Å². The molecule has 0 saturated heterocycles. The third-order valence-electron chi connectivity index (χ3n) is 5.75. The molecule has 3 aromatic rings. The number of carbonyl (C=O) groups is 2. The van der Waals surface area contributed by atoms with Crippen LogP contribution in [0.25, 0.3) is 5.76 Å². The second-order valence-corrected chi connectivity index (χ2v) is 10.5. The maximum atomic E-state index is 13.7. The topological polar surface area (TPSA) is 116 Å². The number of allylic oxidation sites excluding steroid dienone is 1. The lowest BCUT2D eigenvalue weighted by Crippen LogP contribution is -2.44. The van der Waals surface area contributed by atoms with Crippen molar-refractivity contribution in [1.29, 1.82) is 0 Å². The van der Waals surface area contributed by atoms with Crippen LogP contribution in [-0.2, 0) is 21.0 Å². The van der Waals surface area contributed by atoms with E-state index in [4.69, 9.17) is 11.6 Å². The lowest BCUT2D eigenvalue weighted by Gasteiger charge is -2.31. The van der Waals surface area contributed by atoms with Crippen molar-refractivity contribution < 1.29 is 40.7 Å². The number of carbonyl (C=O) groups excluding carboxylic acids is 2. The number of aliphatic hydroxyl groups is 1. The lowest BCUT2D eigenvalue weighted by atomic mass is 10.0. The summed E-state index contributed by atoms with van der Waals surface area (Å²) in [5, 5.41) is 15.6. The monoisotopic (exact) mass is 583 g/mol. The fourth-order valence-corrected chi connectivity index (χ4v) is 5.63. The van der Waals surface area contributed by atoms with E-state index in [1.54, 1.807) is 0 Å². The lowest BCUT2D eigenvalue weighted by molar-refractivity contribution is -0.137. The molecule has 0 saturated carbocycles. The minimum Gasteiger partial charge on any atom is -0.505 e. The summed E-state index contributed by atoms with van der Waals surface area (Å²) in [6, 6.07) is 10.1. The van der Waals surface area contributed by atoms with Gasteiger partial charge in [0.15, 0.2) is 5.76 Å². The summed E-state index contributed by atoms with van der Waals surface area (Å²) >= 11 is 5.79. The van der Waals surface area contributed by atoms with Gasteiger partial charge in [0, 0.05) is 29.5 Å². The fraction of sp³-hybridized carbons (Fsp3) is 0.120. The van der Waals surface area contributed by atoms with Crippen LogP contribution in [0.2, 0.25) is 5.02 Å². The van der Waals surface area contributed by atoms with E-state index in [1.165, 1.54) is 25.2 Å². The van der Waals surface area contributed by atoms with E-state index in [0.29, 0.717) is 9.99 Å². The zero-order chi connectivity index (χ0) is 28.7. The molecule has 0 fully saturated rings. The molecule has 14 heteroatoms. The molecule has 1 aliphatic rings. The van der Waals surface area contributed by atoms with Gasteiger partial charge in [0.05, 0.1) is 10.6 Å². The van der Waals surface area contributed by atoms with Gasteiger partial charge < -0.3 is 15.7 Å². The van der Waals surface area contributed by atoms with Crippen LogP contribution in [0.4, 0.5) is 28.9 Å². The molecule has 4 rings (SSSR count). The highest BCUT2D eigenvalue weighted by Crippen LogP contribution is 2.37. The number of nitrogens with one attached hydrogen (secondary N) is 2. The van der Waals surface area contributed by atoms with Crippen molar-refractivity contribution in [3.63, 3.8) is 0 Å². The molecule has 3 N–H and O–H groups in total. The smallest absolute Gasteiger partial charge is 0.416 e. The minimum absolute atomic E-state index is 0.0772. The number of rotatable bonds is 5. The van der Waals surface area contributed by atoms with Gasteiger partial charge in [-0.05, 0) is 60.7 Å². The number of fused-ring (bicyclic) bond motifs is 1. The molecule has 0 aromatic heterocycles. The number of Topliss-reactive ketones (excluding diaryl/α,β-unsaturated/α-hetero) is 1. The third-order valence-corrected chi connectivity index (χ3v) is 7.82. The van der Waals surface area contributed by atoms with Gasteiger partial charge in [-0.25, -0.2) is 17.1 Å². The van der Waals surface area contributed by atoms with Gasteiger partial charge in [0.25, 0.3) is 10.0 Å². The Labute approximate surface area is 224 Å². The third kappa shape index (κ3) is 5.40. The van der Waals surface area contributed by atoms with Gasteiger partial charge in [0.1, 0.15) is 23.0 Å². The van der Waals surface area contributed by atoms with Gasteiger partial charge in [-0.3, -0.25) is 9.59 Å². The Balaban J connectivity index is 1.79. The van der Waals surface area contributed by atoms with Crippen molar-refractivity contribution in [3.05, 3.63) is 93.9 Å². The summed E-state index contributed by atoms with van der Waals surface area (Å²) in [6.07, 6.45) is -4.61. The van der Waals surface area contributed by atoms with Gasteiger partial charge in [-0.15, -0.1) is 0 Å². The maximum absolute atomic E-state index is 13.7. The number of aliphatic hydroxyl groups excluding tert-OH is 1. The van der Waals surface area contributed by atoms with Crippen LogP contribution in [0.15, 0.2) is 71.3 Å². The van der Waals surface area contributed by atoms with E-state index in [1.807, 2.05) is 0 Å². The SMILES string of the molecule is CNc1ccc2c(c1)S(=O)(=O)N(CC(=O)Nc1ccc(C(F)(F)F)cc1)C(=C(O)c1ccc(F)c(Cl)c1)C2=O. The molecule has 0 atom stereocenters. The van der Waals surface area contributed by atoms with Gasteiger partial charge >= 0.3 is 6.18 Å². The number of nitrogens with zero attached hydrogens (tertiary/aromatic N) is 1. The molecule has 1 heterocycles. The number of hydrogen-bond acceptors (Lipinski definition) is 6. The van der Waals surface area contributed by atoms with Crippen molar-refractivity contribution in [3.8, 4) is 0 Å². The second-order valence-electron chi connectivity index (χ2n) is 8.25. The molecule has 8 nitrogen and oxygen atoms in total. The van der Waals surface area contributed by atoms with Crippen molar-refractivity contribution in [1.82, 2.24) is 4.31 Å². The highest BCUT2D eigenvalue weighted by molar-refractivity contribution is 7.89. The molecule has 0 bridgehead atoms. The number of alkyl halides is 3. The van der Waals surface area contributed by atoms with Crippen LogP contribution in [0, 0.1) is 5.82 Å². The molecule has 0 aliphatic carbocycles. The summed E-state index contributed by atoms with van der Waals surface area (Å²) in [4.78, 5) is 25.9. The molecular weight excluding hydrogens is 566 g/mol. The molecule has 0 spiro atoms. The zero-order valence-corrected chi connectivity index (χ0v) is 21.4. The molecule has 1 amide bonds. The predicted molar refractivity (Wildman–Crippen MR) is 135 cm³/mol. The molecule has 0 radical (unpaired) electrons. The number of halogens is 5. The number of benzene rings is 3. The quantitative estimate of drug-likeness (QED) is 0.213. The Kier molecular flexibility index (Phi) is 7.32. The Hall–Kier alpha value is -4.10. The van der Waals surface area contributed by atoms with Crippen LogP contribution in [-0.4, -0.2) is 43.1 Å². The van der Waals surface area contributed by atoms with Crippen molar-refractivity contribution in [2.24, 2.45) is 0 Å². The van der Waals surface area contributed by atoms with Crippen LogP contribution in [0.5, 0.6) is 0 Å². The van der Waals surface area contributed by atoms with Crippen LogP contribution in [0.3, 0.4) is 0 Å². The summed E-state index contributed by atoms with van der Waals surface area (Å²) in [7, 11) is -3.13. The van der Waals surface area contributed by atoms with Gasteiger partial charge in [-0.2, -0.15) is 13.2 Å². The number of hydrogen-bond donors (Lipinski definition) is 3. The van der Waals surface area contributed by atoms with Crippen molar-refractivity contribution in [2.45, 2.75) is 11.1 Å². The summed E-state index contributed by atoms with van der Waals surface area (Å²) in [6.45, 7) is -1.04. The first kappa shape index (κ1) is 27.9. The fourth-order valence-electron chi connectivity index (χ4n) is 3.80. The Morgan fingerprint density at radius 1 is 1.03 bits per heavy atom. The molecule has 3 aromatic carbocycles. The van der Waals surface area contributed by atoms with Crippen molar-refractivity contribution >= 4 is 50.4 Å². The first-order valence-electron chi connectivity index (χ1n) is 11.0. The summed E-state index contributed by atoms with van der Waals surface area (Å²) < 4.78 is 79.9. The average Bonchev–Trinajstić information content (AvgIpc) is 2.88. The molecule has 1 aliphatic heterocycles. The van der Waals surface area contributed by atoms with E-state index in [9.17, 15) is 40.7 Å². The molecule has 39 heavy (non-hydrogen) atoms. The highest BCUT2D eigenvalue weighted by atomic mass is 35.5. The molecular formula is C25H18ClF4N3O5S. The predicted octanol–water partition coefficient (Wildman–Crippen LogP) is 5.29. The zero-order valence-electron chi connectivity index (χ0n) is 19.8. The maximum Gasteiger partial charge on any atom is 0.416 e. The first-order valence-corrected chi connectivity index (χ1v) is 12.8. The Bertz CT molecular complexity index is 1620. The van der Waals surface area contributed by atoms with Gasteiger partial charge in [-0.1, -0.05) is 11.6 Å². The summed E-state index contributed by atoms with van der Waals surface area (Å²) in [5.41, 5.74) is -2.00.